The molecule has 54 valence electrons. The Morgan fingerprint density at radius 2 is 2.50 bits per heavy atom. The Balaban J connectivity index is 2.47. The van der Waals surface area contributed by atoms with Gasteiger partial charge in [0.05, 0.1) is 0 Å². The minimum atomic E-state index is -0.287. The topological polar surface area (TPSA) is 43.1 Å². The van der Waals surface area contributed by atoms with E-state index in [-0.39, 0.29) is 11.5 Å². The van der Waals surface area contributed by atoms with Crippen LogP contribution in [0.5, 0.6) is 0 Å². The summed E-state index contributed by atoms with van der Waals surface area (Å²) in [5.74, 6) is 0. The van der Waals surface area contributed by atoms with Crippen molar-refractivity contribution < 1.29 is 4.92 Å². The third kappa shape index (κ3) is 2.01. The lowest BCUT2D eigenvalue weighted by Gasteiger charge is -2.02. The van der Waals surface area contributed by atoms with Crippen LogP contribution in [0.25, 0.3) is 0 Å². The zero-order chi connectivity index (χ0) is 7.40. The fraction of sp³-hybridized carbons (Fsp3) is 0.429. The fourth-order valence-electron chi connectivity index (χ4n) is 0.950. The molecule has 0 heterocycles. The van der Waals surface area contributed by atoms with Crippen LogP contribution in [0.15, 0.2) is 23.8 Å². The minimum absolute atomic E-state index is 0.00431. The summed E-state index contributed by atoms with van der Waals surface area (Å²) >= 11 is 0. The van der Waals surface area contributed by atoms with Gasteiger partial charge in [0.25, 0.3) is 0 Å². The number of hydrogen-bond donors (Lipinski definition) is 0. The molecule has 3 heteroatoms. The lowest BCUT2D eigenvalue weighted by molar-refractivity contribution is -0.471. The van der Waals surface area contributed by atoms with Gasteiger partial charge in [0.15, 0.2) is 0 Å². The van der Waals surface area contributed by atoms with E-state index in [1.165, 1.54) is 0 Å². The van der Waals surface area contributed by atoms with E-state index in [2.05, 4.69) is 0 Å². The van der Waals surface area contributed by atoms with Gasteiger partial charge in [-0.05, 0) is 12.8 Å². The summed E-state index contributed by atoms with van der Waals surface area (Å²) in [5.41, 5.74) is 0.924. The van der Waals surface area contributed by atoms with Crippen LogP contribution in [0.1, 0.15) is 12.8 Å². The number of nitrogens with zero attached hydrogens (tertiary/aromatic N) is 1. The molecule has 0 aromatic carbocycles. The Kier molecular flexibility index (Phi) is 2.20. The lowest BCUT2D eigenvalue weighted by atomic mass is 10.1. The predicted molar refractivity (Wildman–Crippen MR) is 38.3 cm³/mol. The highest BCUT2D eigenvalue weighted by atomic mass is 16.6. The van der Waals surface area contributed by atoms with Gasteiger partial charge in [0.1, 0.15) is 0 Å². The molecule has 0 spiro atoms. The monoisotopic (exact) mass is 139 g/mol. The van der Waals surface area contributed by atoms with Gasteiger partial charge < -0.3 is 0 Å². The maximum Gasteiger partial charge on any atom is 0.225 e. The summed E-state index contributed by atoms with van der Waals surface area (Å²) in [6.07, 6.45) is 7.51. The Morgan fingerprint density at radius 1 is 1.70 bits per heavy atom. The number of hydrogen-bond acceptors (Lipinski definition) is 2. The van der Waals surface area contributed by atoms with Gasteiger partial charge in [-0.15, -0.1) is 0 Å². The predicted octanol–water partition coefficient (Wildman–Crippen LogP) is 1.54. The molecule has 0 bridgehead atoms. The summed E-state index contributed by atoms with van der Waals surface area (Å²) in [5, 5.41) is 10.0. The Bertz CT molecular complexity index is 194. The van der Waals surface area contributed by atoms with Crippen molar-refractivity contribution in [1.29, 1.82) is 0 Å². The lowest BCUT2D eigenvalue weighted by Crippen LogP contribution is -2.04. The quantitative estimate of drug-likeness (QED) is 0.430. The van der Waals surface area contributed by atoms with Crippen LogP contribution in [-0.4, -0.2) is 11.5 Å². The van der Waals surface area contributed by atoms with E-state index in [0.717, 1.165) is 18.4 Å². The smallest absolute Gasteiger partial charge is 0.225 e. The first-order valence-electron chi connectivity index (χ1n) is 3.25. The van der Waals surface area contributed by atoms with Gasteiger partial charge >= 0.3 is 0 Å². The van der Waals surface area contributed by atoms with E-state index in [1.807, 2.05) is 18.2 Å². The molecule has 0 unspecified atom stereocenters. The van der Waals surface area contributed by atoms with E-state index in [4.69, 9.17) is 0 Å². The molecular formula is C7H9NO2. The van der Waals surface area contributed by atoms with Gasteiger partial charge in [-0.2, -0.15) is 0 Å². The van der Waals surface area contributed by atoms with E-state index in [0.29, 0.717) is 0 Å². The van der Waals surface area contributed by atoms with E-state index < -0.39 is 0 Å². The zero-order valence-corrected chi connectivity index (χ0v) is 5.62. The summed E-state index contributed by atoms with van der Waals surface area (Å²) in [4.78, 5) is 9.72. The highest BCUT2D eigenvalue weighted by molar-refractivity contribution is 5.17. The van der Waals surface area contributed by atoms with Crippen molar-refractivity contribution in [1.82, 2.24) is 0 Å². The molecule has 1 rings (SSSR count). The molecule has 0 aromatic rings. The summed E-state index contributed by atoms with van der Waals surface area (Å²) < 4.78 is 0. The van der Waals surface area contributed by atoms with Crippen molar-refractivity contribution in [2.24, 2.45) is 0 Å². The summed E-state index contributed by atoms with van der Waals surface area (Å²) in [6.45, 7) is 0.00431. The molecule has 0 amide bonds. The highest BCUT2D eigenvalue weighted by Crippen LogP contribution is 2.10. The molecule has 0 N–H and O–H groups in total. The molecule has 0 radical (unpaired) electrons. The molecule has 10 heavy (non-hydrogen) atoms. The Hall–Kier alpha value is -1.12. The Labute approximate surface area is 59.2 Å². The van der Waals surface area contributed by atoms with Crippen LogP contribution in [-0.2, 0) is 0 Å². The van der Waals surface area contributed by atoms with Crippen LogP contribution in [0.4, 0.5) is 0 Å². The normalized spacial score (nSPS) is 16.6. The third-order valence-corrected chi connectivity index (χ3v) is 1.43. The SMILES string of the molecule is O=[N+]([O-])CC1=CC=CCC1. The van der Waals surface area contributed by atoms with Crippen LogP contribution in [0.2, 0.25) is 0 Å². The van der Waals surface area contributed by atoms with E-state index in [1.54, 1.807) is 0 Å². The number of allylic oxidation sites excluding steroid dienone is 3. The van der Waals surface area contributed by atoms with E-state index in [9.17, 15) is 10.1 Å². The number of rotatable bonds is 2. The second-order valence-electron chi connectivity index (χ2n) is 2.28. The minimum Gasteiger partial charge on any atom is -0.264 e. The van der Waals surface area contributed by atoms with Gasteiger partial charge in [0.2, 0.25) is 6.54 Å². The van der Waals surface area contributed by atoms with Gasteiger partial charge in [-0.1, -0.05) is 18.2 Å². The van der Waals surface area contributed by atoms with Gasteiger partial charge in [-0.3, -0.25) is 10.1 Å². The molecule has 0 atom stereocenters. The highest BCUT2D eigenvalue weighted by Gasteiger charge is 2.04. The van der Waals surface area contributed by atoms with E-state index >= 15 is 0 Å². The maximum atomic E-state index is 10.0. The van der Waals surface area contributed by atoms with Crippen molar-refractivity contribution >= 4 is 0 Å². The number of nitro groups is 1. The average Bonchev–Trinajstić information content (AvgIpc) is 1.88. The van der Waals surface area contributed by atoms with Gasteiger partial charge in [-0.25, -0.2) is 0 Å². The van der Waals surface area contributed by atoms with Crippen molar-refractivity contribution in [2.75, 3.05) is 6.54 Å². The van der Waals surface area contributed by atoms with Crippen LogP contribution in [0.3, 0.4) is 0 Å². The first-order valence-corrected chi connectivity index (χ1v) is 3.25. The molecule has 0 saturated carbocycles. The molecule has 0 saturated heterocycles. The maximum absolute atomic E-state index is 10.0. The fourth-order valence-corrected chi connectivity index (χ4v) is 0.950. The first kappa shape index (κ1) is 6.99. The standard InChI is InChI=1S/C7H9NO2/c9-8(10)6-7-4-2-1-3-5-7/h1-2,4H,3,5-6H2. The zero-order valence-electron chi connectivity index (χ0n) is 5.62. The largest absolute Gasteiger partial charge is 0.264 e. The third-order valence-electron chi connectivity index (χ3n) is 1.43. The summed E-state index contributed by atoms with van der Waals surface area (Å²) in [7, 11) is 0. The van der Waals surface area contributed by atoms with Crippen LogP contribution < -0.4 is 0 Å². The second-order valence-corrected chi connectivity index (χ2v) is 2.28. The molecule has 1 aliphatic carbocycles. The van der Waals surface area contributed by atoms with Crippen molar-refractivity contribution in [3.05, 3.63) is 33.9 Å². The van der Waals surface area contributed by atoms with Gasteiger partial charge in [0, 0.05) is 10.5 Å². The first-order chi connectivity index (χ1) is 4.79. The molecule has 0 fully saturated rings. The average molecular weight is 139 g/mol. The molecule has 1 aliphatic rings. The van der Waals surface area contributed by atoms with Crippen molar-refractivity contribution in [3.8, 4) is 0 Å². The van der Waals surface area contributed by atoms with Crippen molar-refractivity contribution in [3.63, 3.8) is 0 Å². The summed E-state index contributed by atoms with van der Waals surface area (Å²) in [6, 6.07) is 0. The molecular weight excluding hydrogens is 130 g/mol. The Morgan fingerprint density at radius 3 is 3.00 bits per heavy atom. The van der Waals surface area contributed by atoms with Crippen molar-refractivity contribution in [2.45, 2.75) is 12.8 Å². The van der Waals surface area contributed by atoms with Crippen LogP contribution >= 0.6 is 0 Å². The molecule has 0 aromatic heterocycles. The molecule has 0 aliphatic heterocycles. The second kappa shape index (κ2) is 3.15. The van der Waals surface area contributed by atoms with Crippen LogP contribution in [0, 0.1) is 10.1 Å². The molecule has 3 nitrogen and oxygen atoms in total.